The van der Waals surface area contributed by atoms with E-state index in [1.54, 1.807) is 0 Å². The van der Waals surface area contributed by atoms with Crippen molar-refractivity contribution in [1.29, 1.82) is 0 Å². The first-order valence-corrected chi connectivity index (χ1v) is 7.29. The summed E-state index contributed by atoms with van der Waals surface area (Å²) in [5.41, 5.74) is 2.00. The van der Waals surface area contributed by atoms with Gasteiger partial charge in [0.05, 0.1) is 12.6 Å². The Balaban J connectivity index is 2.37. The Morgan fingerprint density at radius 3 is 2.35 bits per heavy atom. The molecule has 0 bridgehead atoms. The predicted molar refractivity (Wildman–Crippen MR) is 81.2 cm³/mol. The first-order valence-electron chi connectivity index (χ1n) is 7.29. The van der Waals surface area contributed by atoms with Gasteiger partial charge in [-0.05, 0) is 31.4 Å². The Hall–Kier alpha value is -1.39. The number of nitrogens with one attached hydrogen (secondary N) is 2. The van der Waals surface area contributed by atoms with Gasteiger partial charge in [-0.1, -0.05) is 37.6 Å². The van der Waals surface area contributed by atoms with Gasteiger partial charge in [-0.15, -0.1) is 0 Å². The van der Waals surface area contributed by atoms with E-state index < -0.39 is 0 Å². The van der Waals surface area contributed by atoms with Crippen molar-refractivity contribution >= 4 is 5.91 Å². The molecule has 4 heteroatoms. The summed E-state index contributed by atoms with van der Waals surface area (Å²) >= 11 is 0. The van der Waals surface area contributed by atoms with Crippen LogP contribution < -0.4 is 10.6 Å². The zero-order valence-corrected chi connectivity index (χ0v) is 12.6. The third-order valence-electron chi connectivity index (χ3n) is 3.32. The summed E-state index contributed by atoms with van der Waals surface area (Å²) in [6.07, 6.45) is 2.07. The molecule has 2 unspecified atom stereocenters. The van der Waals surface area contributed by atoms with Crippen molar-refractivity contribution in [1.82, 2.24) is 10.6 Å². The van der Waals surface area contributed by atoms with Crippen LogP contribution in [0, 0.1) is 0 Å². The van der Waals surface area contributed by atoms with E-state index in [4.69, 9.17) is 5.11 Å². The highest BCUT2D eigenvalue weighted by atomic mass is 16.3. The largest absolute Gasteiger partial charge is 0.392 e. The van der Waals surface area contributed by atoms with Gasteiger partial charge in [-0.3, -0.25) is 4.79 Å². The molecule has 0 saturated carbocycles. The number of hydrogen-bond donors (Lipinski definition) is 3. The summed E-state index contributed by atoms with van der Waals surface area (Å²) in [6, 6.07) is 7.72. The molecule has 0 aliphatic heterocycles. The zero-order chi connectivity index (χ0) is 15.0. The number of hydrogen-bond acceptors (Lipinski definition) is 3. The number of benzene rings is 1. The van der Waals surface area contributed by atoms with Crippen LogP contribution in [0.2, 0.25) is 0 Å². The van der Waals surface area contributed by atoms with Crippen LogP contribution >= 0.6 is 0 Å². The molecule has 0 aromatic heterocycles. The van der Waals surface area contributed by atoms with Crippen LogP contribution in [0.25, 0.3) is 0 Å². The molecular formula is C16H26N2O2. The van der Waals surface area contributed by atoms with E-state index in [0.29, 0.717) is 6.54 Å². The van der Waals surface area contributed by atoms with Crippen molar-refractivity contribution in [3.8, 4) is 0 Å². The molecule has 20 heavy (non-hydrogen) atoms. The normalized spacial score (nSPS) is 13.8. The first kappa shape index (κ1) is 16.7. The maximum absolute atomic E-state index is 11.9. The Bertz CT molecular complexity index is 403. The molecule has 0 radical (unpaired) electrons. The number of rotatable bonds is 8. The minimum absolute atomic E-state index is 0.0397. The highest BCUT2D eigenvalue weighted by molar-refractivity contribution is 5.81. The van der Waals surface area contributed by atoms with Crippen LogP contribution in [0.15, 0.2) is 24.3 Å². The number of carbonyl (C=O) groups excluding carboxylic acids is 1. The van der Waals surface area contributed by atoms with Gasteiger partial charge in [0.1, 0.15) is 0 Å². The molecule has 1 aromatic carbocycles. The predicted octanol–water partition coefficient (Wildman–Crippen LogP) is 1.96. The van der Waals surface area contributed by atoms with Crippen LogP contribution in [0.3, 0.4) is 0 Å². The highest BCUT2D eigenvalue weighted by Gasteiger charge is 2.14. The second kappa shape index (κ2) is 8.72. The van der Waals surface area contributed by atoms with Crippen LogP contribution in [0.5, 0.6) is 0 Å². The second-order valence-corrected chi connectivity index (χ2v) is 5.28. The third-order valence-corrected chi connectivity index (χ3v) is 3.32. The molecular weight excluding hydrogens is 252 g/mol. The molecule has 0 heterocycles. The molecule has 0 aliphatic rings. The molecule has 4 nitrogen and oxygen atoms in total. The van der Waals surface area contributed by atoms with Gasteiger partial charge < -0.3 is 15.7 Å². The fourth-order valence-corrected chi connectivity index (χ4v) is 2.00. The summed E-state index contributed by atoms with van der Waals surface area (Å²) < 4.78 is 0. The summed E-state index contributed by atoms with van der Waals surface area (Å²) in [4.78, 5) is 11.9. The maximum Gasteiger partial charge on any atom is 0.237 e. The van der Waals surface area contributed by atoms with E-state index in [-0.39, 0.29) is 24.6 Å². The Morgan fingerprint density at radius 1 is 1.20 bits per heavy atom. The quantitative estimate of drug-likeness (QED) is 0.681. The summed E-state index contributed by atoms with van der Waals surface area (Å²) in [5, 5.41) is 15.2. The average Bonchev–Trinajstić information content (AvgIpc) is 2.45. The van der Waals surface area contributed by atoms with Crippen LogP contribution in [0.4, 0.5) is 0 Å². The lowest BCUT2D eigenvalue weighted by molar-refractivity contribution is -0.123. The van der Waals surface area contributed by atoms with E-state index in [0.717, 1.165) is 24.0 Å². The van der Waals surface area contributed by atoms with Gasteiger partial charge in [-0.2, -0.15) is 0 Å². The first-order chi connectivity index (χ1) is 9.56. The van der Waals surface area contributed by atoms with E-state index in [9.17, 15) is 4.79 Å². The molecule has 0 spiro atoms. The lowest BCUT2D eigenvalue weighted by atomic mass is 10.1. The van der Waals surface area contributed by atoms with Gasteiger partial charge in [0.25, 0.3) is 0 Å². The number of amides is 1. The lowest BCUT2D eigenvalue weighted by Gasteiger charge is -2.18. The van der Waals surface area contributed by atoms with Gasteiger partial charge in [0, 0.05) is 12.6 Å². The number of carbonyl (C=O) groups is 1. The van der Waals surface area contributed by atoms with E-state index in [2.05, 4.69) is 17.6 Å². The van der Waals surface area contributed by atoms with Crippen molar-refractivity contribution in [3.05, 3.63) is 35.4 Å². The minimum Gasteiger partial charge on any atom is -0.392 e. The minimum atomic E-state index is -0.216. The molecule has 0 aliphatic carbocycles. The van der Waals surface area contributed by atoms with E-state index >= 15 is 0 Å². The third kappa shape index (κ3) is 5.72. The standard InChI is InChI=1S/C16H26N2O2/c1-4-5-12(2)18-16(20)13(3)17-10-14-6-8-15(11-19)9-7-14/h6-9,12-13,17,19H,4-5,10-11H2,1-3H3,(H,18,20). The van der Waals surface area contributed by atoms with Gasteiger partial charge in [-0.25, -0.2) is 0 Å². The molecule has 0 saturated heterocycles. The van der Waals surface area contributed by atoms with Crippen molar-refractivity contribution in [2.75, 3.05) is 0 Å². The zero-order valence-electron chi connectivity index (χ0n) is 12.6. The SMILES string of the molecule is CCCC(C)NC(=O)C(C)NCc1ccc(CO)cc1. The molecule has 1 amide bonds. The fraction of sp³-hybridized carbons (Fsp3) is 0.562. The number of aliphatic hydroxyl groups excluding tert-OH is 1. The van der Waals surface area contributed by atoms with Crippen LogP contribution in [-0.2, 0) is 17.9 Å². The lowest BCUT2D eigenvalue weighted by Crippen LogP contribution is -2.45. The highest BCUT2D eigenvalue weighted by Crippen LogP contribution is 2.04. The van der Waals surface area contributed by atoms with Crippen LogP contribution in [0.1, 0.15) is 44.7 Å². The van der Waals surface area contributed by atoms with Crippen molar-refractivity contribution in [2.24, 2.45) is 0 Å². The smallest absolute Gasteiger partial charge is 0.237 e. The molecule has 1 aromatic rings. The van der Waals surface area contributed by atoms with Gasteiger partial charge >= 0.3 is 0 Å². The summed E-state index contributed by atoms with van der Waals surface area (Å²) in [6.45, 7) is 6.71. The molecule has 112 valence electrons. The van der Waals surface area contributed by atoms with Crippen molar-refractivity contribution in [2.45, 2.75) is 58.8 Å². The van der Waals surface area contributed by atoms with Crippen molar-refractivity contribution in [3.63, 3.8) is 0 Å². The van der Waals surface area contributed by atoms with Gasteiger partial charge in [0.2, 0.25) is 5.91 Å². The molecule has 2 atom stereocenters. The van der Waals surface area contributed by atoms with Gasteiger partial charge in [0.15, 0.2) is 0 Å². The Morgan fingerprint density at radius 2 is 1.80 bits per heavy atom. The maximum atomic E-state index is 11.9. The Kier molecular flexibility index (Phi) is 7.26. The summed E-state index contributed by atoms with van der Waals surface area (Å²) in [7, 11) is 0. The molecule has 3 N–H and O–H groups in total. The Labute approximate surface area is 121 Å². The number of aliphatic hydroxyl groups is 1. The monoisotopic (exact) mass is 278 g/mol. The molecule has 0 fully saturated rings. The topological polar surface area (TPSA) is 61.4 Å². The van der Waals surface area contributed by atoms with Crippen LogP contribution in [-0.4, -0.2) is 23.1 Å². The second-order valence-electron chi connectivity index (χ2n) is 5.28. The van der Waals surface area contributed by atoms with E-state index in [1.807, 2.05) is 38.1 Å². The fourth-order valence-electron chi connectivity index (χ4n) is 2.00. The molecule has 1 rings (SSSR count). The average molecular weight is 278 g/mol. The van der Waals surface area contributed by atoms with Crippen molar-refractivity contribution < 1.29 is 9.90 Å². The van der Waals surface area contributed by atoms with E-state index in [1.165, 1.54) is 0 Å². The summed E-state index contributed by atoms with van der Waals surface area (Å²) in [5.74, 6) is 0.0397.